The maximum Gasteiger partial charge on any atom is 0.0329 e. The van der Waals surface area contributed by atoms with E-state index in [0.29, 0.717) is 5.54 Å². The highest BCUT2D eigenvalue weighted by atomic mass is 15.2. The van der Waals surface area contributed by atoms with E-state index < -0.39 is 0 Å². The average molecular weight is 266 g/mol. The summed E-state index contributed by atoms with van der Waals surface area (Å²) in [5.41, 5.74) is 7.22. The molecule has 2 rings (SSSR count). The third-order valence-corrected chi connectivity index (χ3v) is 6.14. The number of rotatable bonds is 5. The highest BCUT2D eigenvalue weighted by Crippen LogP contribution is 2.52. The van der Waals surface area contributed by atoms with Gasteiger partial charge in [-0.05, 0) is 69.9 Å². The smallest absolute Gasteiger partial charge is 0.0329 e. The Bertz CT molecular complexity index is 269. The van der Waals surface area contributed by atoms with Gasteiger partial charge in [-0.15, -0.1) is 0 Å². The molecule has 0 saturated heterocycles. The van der Waals surface area contributed by atoms with E-state index in [1.54, 1.807) is 0 Å². The highest BCUT2D eigenvalue weighted by Gasteiger charge is 2.44. The first-order valence-corrected chi connectivity index (χ1v) is 8.43. The number of likely N-dealkylation sites (N-methyl/N-ethyl adjacent to an activating group) is 1. The van der Waals surface area contributed by atoms with Crippen molar-refractivity contribution in [1.82, 2.24) is 4.90 Å². The normalized spacial score (nSPS) is 25.6. The molecule has 2 aliphatic carbocycles. The van der Waals surface area contributed by atoms with Crippen LogP contribution >= 0.6 is 0 Å². The molecule has 2 saturated carbocycles. The van der Waals surface area contributed by atoms with Crippen molar-refractivity contribution in [2.45, 2.75) is 77.2 Å². The van der Waals surface area contributed by atoms with Gasteiger partial charge in [0.2, 0.25) is 0 Å². The first-order valence-electron chi connectivity index (χ1n) is 8.43. The molecular formula is C17H34N2. The van der Waals surface area contributed by atoms with Gasteiger partial charge in [0.15, 0.2) is 0 Å². The van der Waals surface area contributed by atoms with Crippen molar-refractivity contribution in [3.05, 3.63) is 0 Å². The van der Waals surface area contributed by atoms with Gasteiger partial charge in [-0.1, -0.05) is 26.7 Å². The van der Waals surface area contributed by atoms with Gasteiger partial charge in [0.05, 0.1) is 0 Å². The summed E-state index contributed by atoms with van der Waals surface area (Å²) in [6.45, 7) is 6.69. The topological polar surface area (TPSA) is 29.3 Å². The van der Waals surface area contributed by atoms with Crippen molar-refractivity contribution >= 4 is 0 Å². The molecule has 0 aromatic heterocycles. The zero-order valence-corrected chi connectivity index (χ0v) is 13.4. The van der Waals surface area contributed by atoms with E-state index in [1.807, 2.05) is 0 Å². The summed E-state index contributed by atoms with van der Waals surface area (Å²) in [6, 6.07) is 0. The fraction of sp³-hybridized carbons (Fsp3) is 1.00. The lowest BCUT2D eigenvalue weighted by molar-refractivity contribution is 0.0282. The maximum absolute atomic E-state index is 6.19. The molecule has 0 unspecified atom stereocenters. The first-order chi connectivity index (χ1) is 9.02. The molecule has 2 fully saturated rings. The lowest BCUT2D eigenvalue weighted by Gasteiger charge is -2.49. The Labute approximate surface area is 120 Å². The first kappa shape index (κ1) is 15.3. The lowest BCUT2D eigenvalue weighted by atomic mass is 9.66. The van der Waals surface area contributed by atoms with E-state index in [9.17, 15) is 0 Å². The second-order valence-electron chi connectivity index (χ2n) is 7.74. The van der Waals surface area contributed by atoms with Crippen molar-refractivity contribution < 1.29 is 0 Å². The number of hydrogen-bond donors (Lipinski definition) is 1. The van der Waals surface area contributed by atoms with E-state index in [0.717, 1.165) is 17.9 Å². The standard InChI is InChI=1S/C17H34N2/c1-15(2)6-13-19(3)17(14-18)11-9-16(10-12-17)7-4-5-8-16/h15H,4-14,18H2,1-3H3. The Hall–Kier alpha value is -0.0800. The van der Waals surface area contributed by atoms with Crippen LogP contribution < -0.4 is 5.73 Å². The number of nitrogens with two attached hydrogens (primary N) is 1. The van der Waals surface area contributed by atoms with Gasteiger partial charge >= 0.3 is 0 Å². The van der Waals surface area contributed by atoms with E-state index in [2.05, 4.69) is 25.8 Å². The van der Waals surface area contributed by atoms with Crippen LogP contribution in [0.15, 0.2) is 0 Å². The van der Waals surface area contributed by atoms with Crippen LogP contribution in [0.3, 0.4) is 0 Å². The Morgan fingerprint density at radius 2 is 1.58 bits per heavy atom. The van der Waals surface area contributed by atoms with Crippen LogP contribution in [0, 0.1) is 11.3 Å². The van der Waals surface area contributed by atoms with E-state index in [-0.39, 0.29) is 0 Å². The molecule has 0 aliphatic heterocycles. The molecule has 2 N–H and O–H groups in total. The summed E-state index contributed by atoms with van der Waals surface area (Å²) in [5, 5.41) is 0. The zero-order valence-electron chi connectivity index (χ0n) is 13.4. The molecule has 0 bridgehead atoms. The Kier molecular flexibility index (Phi) is 4.94. The molecule has 1 spiro atoms. The predicted octanol–water partition coefficient (Wildman–Crippen LogP) is 3.80. The van der Waals surface area contributed by atoms with Crippen molar-refractivity contribution in [1.29, 1.82) is 0 Å². The molecule has 0 aromatic carbocycles. The minimum Gasteiger partial charge on any atom is -0.329 e. The Morgan fingerprint density at radius 3 is 2.05 bits per heavy atom. The molecule has 0 atom stereocenters. The fourth-order valence-electron chi connectivity index (χ4n) is 4.30. The van der Waals surface area contributed by atoms with Crippen LogP contribution in [0.25, 0.3) is 0 Å². The SMILES string of the molecule is CC(C)CCN(C)C1(CN)CCC2(CCCC2)CC1. The number of hydrogen-bond acceptors (Lipinski definition) is 2. The number of nitrogens with zero attached hydrogens (tertiary/aromatic N) is 1. The van der Waals surface area contributed by atoms with Gasteiger partial charge < -0.3 is 5.73 Å². The summed E-state index contributed by atoms with van der Waals surface area (Å²) in [4.78, 5) is 2.59. The summed E-state index contributed by atoms with van der Waals surface area (Å²) in [5.74, 6) is 0.794. The van der Waals surface area contributed by atoms with Gasteiger partial charge in [-0.2, -0.15) is 0 Å². The largest absolute Gasteiger partial charge is 0.329 e. The molecule has 0 aromatic rings. The summed E-state index contributed by atoms with van der Waals surface area (Å²) >= 11 is 0. The minimum absolute atomic E-state index is 0.308. The van der Waals surface area contributed by atoms with Crippen LogP contribution in [0.4, 0.5) is 0 Å². The van der Waals surface area contributed by atoms with Crippen molar-refractivity contribution in [3.8, 4) is 0 Å². The van der Waals surface area contributed by atoms with E-state index >= 15 is 0 Å². The summed E-state index contributed by atoms with van der Waals surface area (Å²) in [7, 11) is 2.31. The lowest BCUT2D eigenvalue weighted by Crippen LogP contribution is -2.55. The van der Waals surface area contributed by atoms with Crippen LogP contribution in [-0.4, -0.2) is 30.6 Å². The fourth-order valence-corrected chi connectivity index (χ4v) is 4.30. The third-order valence-electron chi connectivity index (χ3n) is 6.14. The zero-order chi connectivity index (χ0) is 13.9. The summed E-state index contributed by atoms with van der Waals surface area (Å²) < 4.78 is 0. The molecule has 112 valence electrons. The van der Waals surface area contributed by atoms with Gasteiger partial charge in [0, 0.05) is 12.1 Å². The molecule has 2 nitrogen and oxygen atoms in total. The van der Waals surface area contributed by atoms with Gasteiger partial charge in [-0.25, -0.2) is 0 Å². The molecule has 0 radical (unpaired) electrons. The minimum atomic E-state index is 0.308. The Balaban J connectivity index is 1.92. The van der Waals surface area contributed by atoms with Crippen LogP contribution in [0.1, 0.15) is 71.6 Å². The van der Waals surface area contributed by atoms with Crippen molar-refractivity contribution in [3.63, 3.8) is 0 Å². The van der Waals surface area contributed by atoms with Gasteiger partial charge in [-0.3, -0.25) is 4.90 Å². The van der Waals surface area contributed by atoms with Crippen molar-refractivity contribution in [2.75, 3.05) is 20.1 Å². The van der Waals surface area contributed by atoms with Crippen LogP contribution in [0.5, 0.6) is 0 Å². The maximum atomic E-state index is 6.19. The van der Waals surface area contributed by atoms with Gasteiger partial charge in [0.25, 0.3) is 0 Å². The summed E-state index contributed by atoms with van der Waals surface area (Å²) in [6.07, 6.45) is 12.7. The highest BCUT2D eigenvalue weighted by molar-refractivity contribution is 5.00. The molecule has 19 heavy (non-hydrogen) atoms. The van der Waals surface area contributed by atoms with E-state index in [1.165, 1.54) is 64.3 Å². The second kappa shape index (κ2) is 6.13. The Morgan fingerprint density at radius 1 is 1.00 bits per heavy atom. The molecule has 2 heteroatoms. The molecular weight excluding hydrogens is 232 g/mol. The average Bonchev–Trinajstić information content (AvgIpc) is 2.86. The van der Waals surface area contributed by atoms with Crippen LogP contribution in [-0.2, 0) is 0 Å². The predicted molar refractivity (Wildman–Crippen MR) is 83.2 cm³/mol. The van der Waals surface area contributed by atoms with Gasteiger partial charge in [0.1, 0.15) is 0 Å². The monoisotopic (exact) mass is 266 g/mol. The van der Waals surface area contributed by atoms with Crippen molar-refractivity contribution in [2.24, 2.45) is 17.1 Å². The quantitative estimate of drug-likeness (QED) is 0.820. The second-order valence-corrected chi connectivity index (χ2v) is 7.74. The molecule has 0 amide bonds. The molecule has 0 heterocycles. The molecule has 2 aliphatic rings. The van der Waals surface area contributed by atoms with E-state index in [4.69, 9.17) is 5.73 Å². The third kappa shape index (κ3) is 3.33. The van der Waals surface area contributed by atoms with Crippen LogP contribution in [0.2, 0.25) is 0 Å².